The van der Waals surface area contributed by atoms with E-state index in [9.17, 15) is 9.59 Å². The Morgan fingerprint density at radius 1 is 1.22 bits per heavy atom. The molecule has 1 aliphatic rings. The van der Waals surface area contributed by atoms with Gasteiger partial charge in [-0.1, -0.05) is 12.1 Å². The van der Waals surface area contributed by atoms with Crippen molar-refractivity contribution in [1.82, 2.24) is 15.1 Å². The fourth-order valence-corrected chi connectivity index (χ4v) is 3.45. The number of hydrogen-bond donors (Lipinski definition) is 1. The Bertz CT molecular complexity index is 553. The minimum Gasteiger partial charge on any atom is -0.349 e. The molecule has 1 fully saturated rings. The highest BCUT2D eigenvalue weighted by Crippen LogP contribution is 2.15. The van der Waals surface area contributed by atoms with Crippen molar-refractivity contribution in [2.24, 2.45) is 0 Å². The summed E-state index contributed by atoms with van der Waals surface area (Å²) < 4.78 is 0.955. The third-order valence-corrected chi connectivity index (χ3v) is 5.19. The van der Waals surface area contributed by atoms with Crippen LogP contribution in [0.4, 0.5) is 4.79 Å². The fourth-order valence-electron chi connectivity index (χ4n) is 2.82. The molecule has 1 aliphatic heterocycles. The van der Waals surface area contributed by atoms with Crippen molar-refractivity contribution < 1.29 is 9.59 Å². The zero-order chi connectivity index (χ0) is 16.8. The largest absolute Gasteiger partial charge is 0.349 e. The van der Waals surface area contributed by atoms with Crippen molar-refractivity contribution in [3.05, 3.63) is 33.4 Å². The van der Waals surface area contributed by atoms with E-state index in [4.69, 9.17) is 0 Å². The third-order valence-electron chi connectivity index (χ3n) is 4.25. The molecule has 6 heteroatoms. The summed E-state index contributed by atoms with van der Waals surface area (Å²) >= 11 is 2.18. The summed E-state index contributed by atoms with van der Waals surface area (Å²) in [5, 5.41) is 3.10. The number of piperidine rings is 1. The molecule has 0 bridgehead atoms. The van der Waals surface area contributed by atoms with E-state index in [0.29, 0.717) is 13.1 Å². The van der Waals surface area contributed by atoms with Gasteiger partial charge in [0.25, 0.3) is 5.91 Å². The molecule has 1 aromatic carbocycles. The van der Waals surface area contributed by atoms with Crippen LogP contribution in [-0.2, 0) is 0 Å². The number of urea groups is 1. The van der Waals surface area contributed by atoms with Gasteiger partial charge in [0.15, 0.2) is 0 Å². The van der Waals surface area contributed by atoms with Crippen LogP contribution in [0.2, 0.25) is 0 Å². The van der Waals surface area contributed by atoms with E-state index in [0.717, 1.165) is 35.1 Å². The van der Waals surface area contributed by atoms with E-state index in [1.54, 1.807) is 0 Å². The number of nitrogens with one attached hydrogen (secondary N) is 1. The summed E-state index contributed by atoms with van der Waals surface area (Å²) in [4.78, 5) is 28.4. The molecule has 1 aromatic rings. The lowest BCUT2D eigenvalue weighted by Crippen LogP contribution is -2.50. The van der Waals surface area contributed by atoms with Crippen LogP contribution in [-0.4, -0.2) is 54.0 Å². The summed E-state index contributed by atoms with van der Waals surface area (Å²) in [5.74, 6) is -0.0245. The quantitative estimate of drug-likeness (QED) is 0.749. The maximum Gasteiger partial charge on any atom is 0.319 e. The Kier molecular flexibility index (Phi) is 6.68. The van der Waals surface area contributed by atoms with Gasteiger partial charge in [-0.15, -0.1) is 0 Å². The zero-order valence-electron chi connectivity index (χ0n) is 13.7. The highest BCUT2D eigenvalue weighted by molar-refractivity contribution is 14.1. The van der Waals surface area contributed by atoms with Gasteiger partial charge in [-0.25, -0.2) is 4.79 Å². The van der Waals surface area contributed by atoms with E-state index in [2.05, 4.69) is 27.9 Å². The maximum atomic E-state index is 12.3. The number of carbonyl (C=O) groups is 2. The molecule has 126 valence electrons. The first-order chi connectivity index (χ1) is 11.1. The van der Waals surface area contributed by atoms with Crippen molar-refractivity contribution >= 4 is 34.5 Å². The van der Waals surface area contributed by atoms with Crippen LogP contribution in [0.25, 0.3) is 0 Å². The Balaban J connectivity index is 1.86. The second kappa shape index (κ2) is 8.52. The van der Waals surface area contributed by atoms with E-state index < -0.39 is 0 Å². The molecule has 1 heterocycles. The van der Waals surface area contributed by atoms with Crippen molar-refractivity contribution in [3.63, 3.8) is 0 Å². The van der Waals surface area contributed by atoms with Crippen molar-refractivity contribution in [2.45, 2.75) is 32.7 Å². The monoisotopic (exact) mass is 429 g/mol. The molecule has 1 saturated heterocycles. The average Bonchev–Trinajstić information content (AvgIpc) is 2.57. The molecule has 3 amide bonds. The van der Waals surface area contributed by atoms with Crippen LogP contribution < -0.4 is 5.32 Å². The molecule has 5 nitrogen and oxygen atoms in total. The average molecular weight is 429 g/mol. The number of amides is 3. The predicted octanol–water partition coefficient (Wildman–Crippen LogP) is 2.95. The highest BCUT2D eigenvalue weighted by Gasteiger charge is 2.26. The van der Waals surface area contributed by atoms with E-state index in [1.807, 2.05) is 47.9 Å². The van der Waals surface area contributed by atoms with Gasteiger partial charge in [-0.05, 0) is 61.4 Å². The van der Waals surface area contributed by atoms with Gasteiger partial charge >= 0.3 is 6.03 Å². The second-order valence-corrected chi connectivity index (χ2v) is 6.83. The van der Waals surface area contributed by atoms with Gasteiger partial charge in [0.2, 0.25) is 0 Å². The summed E-state index contributed by atoms with van der Waals surface area (Å²) in [6, 6.07) is 7.83. The SMILES string of the molecule is CCN(CC)C(=O)N1CCC(NC(=O)c2ccccc2I)CC1. The van der Waals surface area contributed by atoms with E-state index in [1.165, 1.54) is 0 Å². The topological polar surface area (TPSA) is 52.7 Å². The van der Waals surface area contributed by atoms with Gasteiger partial charge < -0.3 is 15.1 Å². The molecule has 0 unspecified atom stereocenters. The lowest BCUT2D eigenvalue weighted by Gasteiger charge is -2.35. The number of halogens is 1. The van der Waals surface area contributed by atoms with Crippen LogP contribution in [0.1, 0.15) is 37.0 Å². The van der Waals surface area contributed by atoms with Crippen LogP contribution >= 0.6 is 22.6 Å². The standard InChI is InChI=1S/C17H24IN3O2/c1-3-20(4-2)17(23)21-11-9-13(10-12-21)19-16(22)14-7-5-6-8-15(14)18/h5-8,13H,3-4,9-12H2,1-2H3,(H,19,22). The number of nitrogens with zero attached hydrogens (tertiary/aromatic N) is 2. The maximum absolute atomic E-state index is 12.3. The second-order valence-electron chi connectivity index (χ2n) is 5.67. The van der Waals surface area contributed by atoms with Crippen LogP contribution in [0.3, 0.4) is 0 Å². The first-order valence-corrected chi connectivity index (χ1v) is 9.23. The van der Waals surface area contributed by atoms with Crippen molar-refractivity contribution in [1.29, 1.82) is 0 Å². The van der Waals surface area contributed by atoms with Gasteiger partial charge in [-0.2, -0.15) is 0 Å². The van der Waals surface area contributed by atoms with Crippen LogP contribution in [0, 0.1) is 3.57 Å². The zero-order valence-corrected chi connectivity index (χ0v) is 15.9. The molecule has 0 atom stereocenters. The van der Waals surface area contributed by atoms with E-state index in [-0.39, 0.29) is 18.0 Å². The van der Waals surface area contributed by atoms with Gasteiger partial charge in [0, 0.05) is 35.8 Å². The number of likely N-dealkylation sites (tertiary alicyclic amines) is 1. The Hall–Kier alpha value is -1.31. The fraction of sp³-hybridized carbons (Fsp3) is 0.529. The number of hydrogen-bond acceptors (Lipinski definition) is 2. The first kappa shape index (κ1) is 18.0. The molecule has 0 saturated carbocycles. The predicted molar refractivity (Wildman–Crippen MR) is 99.5 cm³/mol. The highest BCUT2D eigenvalue weighted by atomic mass is 127. The molecule has 1 N–H and O–H groups in total. The minimum absolute atomic E-state index is 0.0245. The molecule has 2 rings (SSSR count). The molecule has 23 heavy (non-hydrogen) atoms. The molecule has 0 aliphatic carbocycles. The van der Waals surface area contributed by atoms with Gasteiger partial charge in [0.1, 0.15) is 0 Å². The van der Waals surface area contributed by atoms with Crippen LogP contribution in [0.15, 0.2) is 24.3 Å². The van der Waals surface area contributed by atoms with Gasteiger partial charge in [0.05, 0.1) is 5.56 Å². The normalized spacial score (nSPS) is 15.3. The molecule has 0 radical (unpaired) electrons. The van der Waals surface area contributed by atoms with Crippen molar-refractivity contribution in [2.75, 3.05) is 26.2 Å². The first-order valence-electron chi connectivity index (χ1n) is 8.16. The lowest BCUT2D eigenvalue weighted by molar-refractivity contribution is 0.0911. The van der Waals surface area contributed by atoms with Crippen molar-refractivity contribution in [3.8, 4) is 0 Å². The van der Waals surface area contributed by atoms with E-state index >= 15 is 0 Å². The lowest BCUT2D eigenvalue weighted by atomic mass is 10.0. The number of rotatable bonds is 4. The number of carbonyl (C=O) groups excluding carboxylic acids is 2. The summed E-state index contributed by atoms with van der Waals surface area (Å²) in [6.45, 7) is 6.86. The minimum atomic E-state index is -0.0245. The summed E-state index contributed by atoms with van der Waals surface area (Å²) in [7, 11) is 0. The third kappa shape index (κ3) is 4.59. The summed E-state index contributed by atoms with van der Waals surface area (Å²) in [6.07, 6.45) is 1.62. The molecule has 0 spiro atoms. The number of benzene rings is 1. The summed E-state index contributed by atoms with van der Waals surface area (Å²) in [5.41, 5.74) is 0.717. The Morgan fingerprint density at radius 2 is 1.83 bits per heavy atom. The van der Waals surface area contributed by atoms with Crippen LogP contribution in [0.5, 0.6) is 0 Å². The molecular weight excluding hydrogens is 405 g/mol. The smallest absolute Gasteiger partial charge is 0.319 e. The Labute approximate surface area is 151 Å². The van der Waals surface area contributed by atoms with Gasteiger partial charge in [-0.3, -0.25) is 4.79 Å². The Morgan fingerprint density at radius 3 is 2.39 bits per heavy atom. The molecule has 0 aromatic heterocycles. The molecular formula is C17H24IN3O2.